The monoisotopic (exact) mass is 312 g/mol. The van der Waals surface area contributed by atoms with Gasteiger partial charge < -0.3 is 5.73 Å². The number of nitrogens with two attached hydrogens (primary N) is 1. The molecular weight excluding hydrogens is 300 g/mol. The highest BCUT2D eigenvalue weighted by atomic mass is 32.2. The Balaban J connectivity index is 2.38. The van der Waals surface area contributed by atoms with E-state index in [-0.39, 0.29) is 16.4 Å². The van der Waals surface area contributed by atoms with Gasteiger partial charge in [-0.15, -0.1) is 0 Å². The van der Waals surface area contributed by atoms with Crippen molar-refractivity contribution in [3.05, 3.63) is 53.7 Å². The number of nitriles is 1. The molecule has 0 amide bonds. The summed E-state index contributed by atoms with van der Waals surface area (Å²) in [5, 5.41) is 9.51. The molecule has 0 aliphatic heterocycles. The Bertz CT molecular complexity index is 1020. The molecule has 0 saturated heterocycles. The Kier molecular flexibility index (Phi) is 3.11. The van der Waals surface area contributed by atoms with Crippen molar-refractivity contribution in [1.82, 2.24) is 8.96 Å². The van der Waals surface area contributed by atoms with E-state index in [2.05, 4.69) is 4.98 Å². The van der Waals surface area contributed by atoms with Gasteiger partial charge in [-0.25, -0.2) is 17.4 Å². The zero-order chi connectivity index (χ0) is 15.9. The first kappa shape index (κ1) is 14.1. The van der Waals surface area contributed by atoms with Crippen LogP contribution in [0.5, 0.6) is 0 Å². The third-order valence-electron chi connectivity index (χ3n) is 3.48. The number of benzene rings is 1. The van der Waals surface area contributed by atoms with E-state index in [1.165, 1.54) is 18.3 Å². The molecule has 0 unspecified atom stereocenters. The molecular formula is C15H12N4O2S. The van der Waals surface area contributed by atoms with Crippen LogP contribution < -0.4 is 5.73 Å². The van der Waals surface area contributed by atoms with Crippen LogP contribution in [0.3, 0.4) is 0 Å². The molecule has 110 valence electrons. The summed E-state index contributed by atoms with van der Waals surface area (Å²) in [6.45, 7) is 1.71. The Morgan fingerprint density at radius 2 is 1.95 bits per heavy atom. The average molecular weight is 312 g/mol. The first-order valence-corrected chi connectivity index (χ1v) is 7.88. The number of hydrogen-bond acceptors (Lipinski definition) is 5. The molecule has 0 aliphatic rings. The SMILES string of the molecule is Cc1c(N)n(S(=O)(=O)c2ccccc2)c2ncc(C#N)cc12. The molecule has 0 fully saturated rings. The number of aryl methyl sites for hydroxylation is 1. The fraction of sp³-hybridized carbons (Fsp3) is 0.0667. The van der Waals surface area contributed by atoms with Gasteiger partial charge in [0.05, 0.1) is 10.5 Å². The minimum absolute atomic E-state index is 0.0986. The molecule has 0 saturated carbocycles. The van der Waals surface area contributed by atoms with Gasteiger partial charge in [-0.05, 0) is 25.1 Å². The van der Waals surface area contributed by atoms with Gasteiger partial charge in [0.2, 0.25) is 0 Å². The maximum Gasteiger partial charge on any atom is 0.271 e. The first-order valence-electron chi connectivity index (χ1n) is 6.44. The molecule has 2 aromatic heterocycles. The van der Waals surface area contributed by atoms with E-state index in [1.54, 1.807) is 31.2 Å². The Hall–Kier alpha value is -2.85. The second kappa shape index (κ2) is 4.86. The Morgan fingerprint density at radius 3 is 2.59 bits per heavy atom. The van der Waals surface area contributed by atoms with Crippen molar-refractivity contribution in [2.75, 3.05) is 5.73 Å². The number of hydrogen-bond donors (Lipinski definition) is 1. The lowest BCUT2D eigenvalue weighted by Gasteiger charge is -2.08. The van der Waals surface area contributed by atoms with E-state index in [9.17, 15) is 8.42 Å². The van der Waals surface area contributed by atoms with Crippen molar-refractivity contribution < 1.29 is 8.42 Å². The molecule has 1 aromatic carbocycles. The highest BCUT2D eigenvalue weighted by Crippen LogP contribution is 2.30. The van der Waals surface area contributed by atoms with Crippen molar-refractivity contribution in [2.45, 2.75) is 11.8 Å². The van der Waals surface area contributed by atoms with Crippen LogP contribution in [0, 0.1) is 18.3 Å². The molecule has 3 rings (SSSR count). The minimum Gasteiger partial charge on any atom is -0.384 e. The van der Waals surface area contributed by atoms with E-state index in [4.69, 9.17) is 11.0 Å². The highest BCUT2D eigenvalue weighted by Gasteiger charge is 2.25. The molecule has 3 aromatic rings. The number of aromatic nitrogens is 2. The normalized spacial score (nSPS) is 11.5. The molecule has 0 atom stereocenters. The van der Waals surface area contributed by atoms with Gasteiger partial charge in [0.15, 0.2) is 5.65 Å². The van der Waals surface area contributed by atoms with E-state index in [0.29, 0.717) is 16.5 Å². The number of nitrogens with zero attached hydrogens (tertiary/aromatic N) is 3. The van der Waals surface area contributed by atoms with Crippen LogP contribution in [-0.4, -0.2) is 17.4 Å². The molecule has 0 aliphatic carbocycles. The number of fused-ring (bicyclic) bond motifs is 1. The van der Waals surface area contributed by atoms with E-state index in [1.807, 2.05) is 6.07 Å². The van der Waals surface area contributed by atoms with Crippen LogP contribution in [0.15, 0.2) is 47.5 Å². The summed E-state index contributed by atoms with van der Waals surface area (Å²) in [7, 11) is -3.85. The summed E-state index contributed by atoms with van der Waals surface area (Å²) in [6.07, 6.45) is 1.33. The number of pyridine rings is 1. The molecule has 2 N–H and O–H groups in total. The van der Waals surface area contributed by atoms with Crippen LogP contribution in [0.1, 0.15) is 11.1 Å². The summed E-state index contributed by atoms with van der Waals surface area (Å²) in [5.41, 5.74) is 7.15. The summed E-state index contributed by atoms with van der Waals surface area (Å²) in [4.78, 5) is 4.24. The van der Waals surface area contributed by atoms with Crippen molar-refractivity contribution in [1.29, 1.82) is 5.26 Å². The molecule has 0 radical (unpaired) electrons. The van der Waals surface area contributed by atoms with Crippen LogP contribution in [0.2, 0.25) is 0 Å². The van der Waals surface area contributed by atoms with Crippen LogP contribution >= 0.6 is 0 Å². The predicted octanol–water partition coefficient (Wildman–Crippen LogP) is 2.04. The average Bonchev–Trinajstić information content (AvgIpc) is 2.79. The zero-order valence-corrected chi connectivity index (χ0v) is 12.5. The van der Waals surface area contributed by atoms with Gasteiger partial charge >= 0.3 is 0 Å². The van der Waals surface area contributed by atoms with Crippen molar-refractivity contribution in [3.63, 3.8) is 0 Å². The standard InChI is InChI=1S/C15H12N4O2S/c1-10-13-7-11(8-16)9-18-15(13)19(14(10)17)22(20,21)12-5-3-2-4-6-12/h2-7,9H,17H2,1H3. The fourth-order valence-corrected chi connectivity index (χ4v) is 3.78. The van der Waals surface area contributed by atoms with Gasteiger partial charge in [0, 0.05) is 17.1 Å². The first-order chi connectivity index (χ1) is 10.5. The smallest absolute Gasteiger partial charge is 0.271 e. The topological polar surface area (TPSA) is 102 Å². The van der Waals surface area contributed by atoms with Gasteiger partial charge in [0.25, 0.3) is 10.0 Å². The third kappa shape index (κ3) is 1.93. The summed E-state index contributed by atoms with van der Waals surface area (Å²) in [5.74, 6) is 0.0986. The molecule has 0 bridgehead atoms. The molecule has 6 nitrogen and oxygen atoms in total. The predicted molar refractivity (Wildman–Crippen MR) is 82.6 cm³/mol. The lowest BCUT2D eigenvalue weighted by molar-refractivity contribution is 0.589. The highest BCUT2D eigenvalue weighted by molar-refractivity contribution is 7.90. The molecule has 2 heterocycles. The lowest BCUT2D eigenvalue weighted by atomic mass is 10.2. The Labute approximate surface area is 127 Å². The second-order valence-electron chi connectivity index (χ2n) is 4.80. The summed E-state index contributed by atoms with van der Waals surface area (Å²) >= 11 is 0. The third-order valence-corrected chi connectivity index (χ3v) is 5.19. The van der Waals surface area contributed by atoms with Gasteiger partial charge in [-0.2, -0.15) is 5.26 Å². The van der Waals surface area contributed by atoms with Crippen molar-refractivity contribution in [2.24, 2.45) is 0 Å². The van der Waals surface area contributed by atoms with Crippen molar-refractivity contribution in [3.8, 4) is 6.07 Å². The maximum absolute atomic E-state index is 12.8. The summed E-state index contributed by atoms with van der Waals surface area (Å²) in [6, 6.07) is 11.6. The molecule has 7 heteroatoms. The number of anilines is 1. The van der Waals surface area contributed by atoms with E-state index < -0.39 is 10.0 Å². The van der Waals surface area contributed by atoms with Gasteiger partial charge in [-0.3, -0.25) is 0 Å². The van der Waals surface area contributed by atoms with E-state index >= 15 is 0 Å². The quantitative estimate of drug-likeness (QED) is 0.780. The van der Waals surface area contributed by atoms with Gasteiger partial charge in [-0.1, -0.05) is 18.2 Å². The lowest BCUT2D eigenvalue weighted by Crippen LogP contribution is -2.15. The van der Waals surface area contributed by atoms with Gasteiger partial charge in [0.1, 0.15) is 11.9 Å². The largest absolute Gasteiger partial charge is 0.384 e. The number of nitrogen functional groups attached to an aromatic ring is 1. The minimum atomic E-state index is -3.85. The second-order valence-corrected chi connectivity index (χ2v) is 6.59. The van der Waals surface area contributed by atoms with Crippen LogP contribution in [0.4, 0.5) is 5.82 Å². The molecule has 0 spiro atoms. The zero-order valence-electron chi connectivity index (χ0n) is 11.7. The van der Waals surface area contributed by atoms with Crippen LogP contribution in [0.25, 0.3) is 11.0 Å². The number of rotatable bonds is 2. The van der Waals surface area contributed by atoms with Crippen LogP contribution in [-0.2, 0) is 10.0 Å². The fourth-order valence-electron chi connectivity index (χ4n) is 2.30. The maximum atomic E-state index is 12.8. The Morgan fingerprint density at radius 1 is 1.27 bits per heavy atom. The van der Waals surface area contributed by atoms with Crippen molar-refractivity contribution >= 4 is 26.9 Å². The molecule has 22 heavy (non-hydrogen) atoms. The van der Waals surface area contributed by atoms with E-state index in [0.717, 1.165) is 3.97 Å². The summed E-state index contributed by atoms with van der Waals surface area (Å²) < 4.78 is 26.7.